The number of amides is 1. The van der Waals surface area contributed by atoms with Crippen LogP contribution in [-0.2, 0) is 13.0 Å². The van der Waals surface area contributed by atoms with Gasteiger partial charge in [-0.2, -0.15) is 0 Å². The Balaban J connectivity index is 1.46. The minimum Gasteiger partial charge on any atom is -0.392 e. The van der Waals surface area contributed by atoms with Crippen molar-refractivity contribution in [3.63, 3.8) is 0 Å². The number of hydrogen-bond acceptors (Lipinski definition) is 3. The van der Waals surface area contributed by atoms with E-state index in [2.05, 4.69) is 17.1 Å². The maximum atomic E-state index is 13.0. The van der Waals surface area contributed by atoms with Gasteiger partial charge in [0.2, 0.25) is 0 Å². The molecule has 1 aliphatic heterocycles. The van der Waals surface area contributed by atoms with Crippen LogP contribution in [0.5, 0.6) is 0 Å². The van der Waals surface area contributed by atoms with Crippen molar-refractivity contribution >= 4 is 16.7 Å². The van der Waals surface area contributed by atoms with Gasteiger partial charge >= 0.3 is 0 Å². The van der Waals surface area contributed by atoms with E-state index in [4.69, 9.17) is 5.11 Å². The fourth-order valence-electron chi connectivity index (χ4n) is 3.74. The molecule has 1 aliphatic rings. The van der Waals surface area contributed by atoms with Gasteiger partial charge in [-0.1, -0.05) is 48.5 Å². The number of rotatable bonds is 4. The lowest BCUT2D eigenvalue weighted by molar-refractivity contribution is 0.0783. The van der Waals surface area contributed by atoms with E-state index in [1.807, 2.05) is 47.4 Å². The van der Waals surface area contributed by atoms with Crippen molar-refractivity contribution in [1.82, 2.24) is 9.88 Å². The molecule has 4 heteroatoms. The summed E-state index contributed by atoms with van der Waals surface area (Å²) >= 11 is 0. The van der Waals surface area contributed by atoms with Crippen LogP contribution in [-0.4, -0.2) is 34.0 Å². The molecule has 0 bridgehead atoms. The van der Waals surface area contributed by atoms with Crippen LogP contribution < -0.4 is 0 Å². The molecule has 4 rings (SSSR count). The van der Waals surface area contributed by atoms with Crippen molar-refractivity contribution in [3.05, 3.63) is 77.6 Å². The number of carbonyl (C=O) groups excluding carboxylic acids is 1. The van der Waals surface area contributed by atoms with Gasteiger partial charge in [-0.05, 0) is 41.3 Å². The number of aromatic nitrogens is 1. The third kappa shape index (κ3) is 3.33. The lowest BCUT2D eigenvalue weighted by Gasteiger charge is -2.17. The molecule has 4 nitrogen and oxygen atoms in total. The van der Waals surface area contributed by atoms with Crippen LogP contribution in [0, 0.1) is 5.92 Å². The van der Waals surface area contributed by atoms with Crippen LogP contribution in [0.2, 0.25) is 0 Å². The Morgan fingerprint density at radius 1 is 1.08 bits per heavy atom. The molecule has 0 saturated carbocycles. The van der Waals surface area contributed by atoms with E-state index in [0.717, 1.165) is 42.3 Å². The maximum absolute atomic E-state index is 13.0. The highest BCUT2D eigenvalue weighted by Gasteiger charge is 2.28. The van der Waals surface area contributed by atoms with E-state index in [1.54, 1.807) is 6.20 Å². The van der Waals surface area contributed by atoms with E-state index < -0.39 is 0 Å². The fourth-order valence-corrected chi connectivity index (χ4v) is 3.74. The Kier molecular flexibility index (Phi) is 4.67. The van der Waals surface area contributed by atoms with Crippen LogP contribution in [0.25, 0.3) is 10.8 Å². The highest BCUT2D eigenvalue weighted by Crippen LogP contribution is 2.24. The molecule has 26 heavy (non-hydrogen) atoms. The summed E-state index contributed by atoms with van der Waals surface area (Å²) in [6.07, 6.45) is 3.68. The Morgan fingerprint density at radius 3 is 2.65 bits per heavy atom. The van der Waals surface area contributed by atoms with Gasteiger partial charge in [-0.25, -0.2) is 0 Å². The first-order valence-corrected chi connectivity index (χ1v) is 9.06. The monoisotopic (exact) mass is 346 g/mol. The van der Waals surface area contributed by atoms with Gasteiger partial charge in [0.05, 0.1) is 6.61 Å². The van der Waals surface area contributed by atoms with Crippen molar-refractivity contribution < 1.29 is 9.90 Å². The minimum atomic E-state index is 0.0277. The molecule has 0 unspecified atom stereocenters. The van der Waals surface area contributed by atoms with Gasteiger partial charge < -0.3 is 10.0 Å². The Bertz CT molecular complexity index is 916. The SMILES string of the molecule is O=C(c1nccc2ccccc12)N1CC[C@@H](Cc2ccc(CO)cc2)C1. The van der Waals surface area contributed by atoms with E-state index in [-0.39, 0.29) is 12.5 Å². The summed E-state index contributed by atoms with van der Waals surface area (Å²) < 4.78 is 0. The third-order valence-electron chi connectivity index (χ3n) is 5.18. The van der Waals surface area contributed by atoms with Crippen molar-refractivity contribution in [2.75, 3.05) is 13.1 Å². The molecule has 1 amide bonds. The van der Waals surface area contributed by atoms with Crippen LogP contribution in [0.3, 0.4) is 0 Å². The van der Waals surface area contributed by atoms with Gasteiger partial charge in [-0.15, -0.1) is 0 Å². The van der Waals surface area contributed by atoms with Crippen LogP contribution in [0.15, 0.2) is 60.8 Å². The summed E-state index contributed by atoms with van der Waals surface area (Å²) in [5, 5.41) is 11.1. The molecule has 3 aromatic rings. The molecule has 1 saturated heterocycles. The number of likely N-dealkylation sites (tertiary alicyclic amines) is 1. The standard InChI is InChI=1S/C22H22N2O2/c25-15-17-7-5-16(6-8-17)13-18-10-12-24(14-18)22(26)21-20-4-2-1-3-19(20)9-11-23-21/h1-9,11,18,25H,10,12-15H2/t18-/m0/s1. The number of nitrogens with zero attached hydrogens (tertiary/aromatic N) is 2. The minimum absolute atomic E-state index is 0.0277. The molecule has 0 aliphatic carbocycles. The van der Waals surface area contributed by atoms with Gasteiger partial charge in [0.15, 0.2) is 0 Å². The topological polar surface area (TPSA) is 53.4 Å². The highest BCUT2D eigenvalue weighted by molar-refractivity contribution is 6.05. The molecule has 1 aromatic heterocycles. The smallest absolute Gasteiger partial charge is 0.273 e. The Labute approximate surface area is 153 Å². The second-order valence-corrected chi connectivity index (χ2v) is 6.97. The summed E-state index contributed by atoms with van der Waals surface area (Å²) in [7, 11) is 0. The second-order valence-electron chi connectivity index (χ2n) is 6.97. The number of fused-ring (bicyclic) bond motifs is 1. The van der Waals surface area contributed by atoms with Gasteiger partial charge in [0.1, 0.15) is 5.69 Å². The summed E-state index contributed by atoms with van der Waals surface area (Å²) in [5.41, 5.74) is 2.74. The Morgan fingerprint density at radius 2 is 1.85 bits per heavy atom. The zero-order chi connectivity index (χ0) is 17.9. The average molecular weight is 346 g/mol. The number of carbonyl (C=O) groups is 1. The van der Waals surface area contributed by atoms with Gasteiger partial charge in [-0.3, -0.25) is 9.78 Å². The largest absolute Gasteiger partial charge is 0.392 e. The lowest BCUT2D eigenvalue weighted by atomic mass is 9.98. The predicted octanol–water partition coefficient (Wildman–Crippen LogP) is 3.43. The van der Waals surface area contributed by atoms with E-state index in [0.29, 0.717) is 11.6 Å². The Hall–Kier alpha value is -2.72. The molecule has 2 heterocycles. The van der Waals surface area contributed by atoms with E-state index in [1.165, 1.54) is 5.56 Å². The lowest BCUT2D eigenvalue weighted by Crippen LogP contribution is -2.29. The summed E-state index contributed by atoms with van der Waals surface area (Å²) in [6, 6.07) is 17.9. The third-order valence-corrected chi connectivity index (χ3v) is 5.18. The molecule has 2 aromatic carbocycles. The molecular weight excluding hydrogens is 324 g/mol. The van der Waals surface area contributed by atoms with Crippen LogP contribution in [0.1, 0.15) is 28.0 Å². The molecule has 0 radical (unpaired) electrons. The normalized spacial score (nSPS) is 17.0. The molecule has 1 N–H and O–H groups in total. The number of pyridine rings is 1. The van der Waals surface area contributed by atoms with Crippen molar-refractivity contribution in [2.24, 2.45) is 5.92 Å². The molecule has 132 valence electrons. The average Bonchev–Trinajstić information content (AvgIpc) is 3.16. The quantitative estimate of drug-likeness (QED) is 0.787. The molecule has 1 atom stereocenters. The summed E-state index contributed by atoms with van der Waals surface area (Å²) in [6.45, 7) is 1.62. The van der Waals surface area contributed by atoms with Crippen LogP contribution >= 0.6 is 0 Å². The number of aliphatic hydroxyl groups excluding tert-OH is 1. The first kappa shape index (κ1) is 16.7. The highest BCUT2D eigenvalue weighted by atomic mass is 16.3. The molecule has 1 fully saturated rings. The summed E-state index contributed by atoms with van der Waals surface area (Å²) in [5.74, 6) is 0.494. The number of benzene rings is 2. The van der Waals surface area contributed by atoms with Crippen LogP contribution in [0.4, 0.5) is 0 Å². The van der Waals surface area contributed by atoms with E-state index in [9.17, 15) is 4.79 Å². The number of aliphatic hydroxyl groups is 1. The number of hydrogen-bond donors (Lipinski definition) is 1. The van der Waals surface area contributed by atoms with Gasteiger partial charge in [0, 0.05) is 24.7 Å². The molecule has 0 spiro atoms. The van der Waals surface area contributed by atoms with Crippen molar-refractivity contribution in [1.29, 1.82) is 0 Å². The molecular formula is C22H22N2O2. The first-order valence-electron chi connectivity index (χ1n) is 9.06. The first-order chi connectivity index (χ1) is 12.7. The second kappa shape index (κ2) is 7.26. The predicted molar refractivity (Wildman–Crippen MR) is 102 cm³/mol. The zero-order valence-corrected chi connectivity index (χ0v) is 14.6. The van der Waals surface area contributed by atoms with Crippen molar-refractivity contribution in [2.45, 2.75) is 19.4 Å². The fraction of sp³-hybridized carbons (Fsp3) is 0.273. The maximum Gasteiger partial charge on any atom is 0.273 e. The van der Waals surface area contributed by atoms with Gasteiger partial charge in [0.25, 0.3) is 5.91 Å². The summed E-state index contributed by atoms with van der Waals surface area (Å²) in [4.78, 5) is 19.3. The van der Waals surface area contributed by atoms with E-state index >= 15 is 0 Å². The van der Waals surface area contributed by atoms with Crippen molar-refractivity contribution in [3.8, 4) is 0 Å². The zero-order valence-electron chi connectivity index (χ0n) is 14.6.